The number of nitrogens with one attached hydrogen (secondary N) is 2. The third-order valence-corrected chi connectivity index (χ3v) is 2.66. The Morgan fingerprint density at radius 1 is 1.42 bits per heavy atom. The molecule has 2 N–H and O–H groups in total. The lowest BCUT2D eigenvalue weighted by Gasteiger charge is -2.14. The molecule has 0 aliphatic carbocycles. The Hall–Kier alpha value is -1.46. The lowest BCUT2D eigenvalue weighted by Crippen LogP contribution is -2.40. The molecule has 0 spiro atoms. The second-order valence-electron chi connectivity index (χ2n) is 4.43. The summed E-state index contributed by atoms with van der Waals surface area (Å²) in [6, 6.07) is 6.50. The highest BCUT2D eigenvalue weighted by Crippen LogP contribution is 2.08. The van der Waals surface area contributed by atoms with E-state index < -0.39 is 0 Å². The van der Waals surface area contributed by atoms with E-state index in [1.54, 1.807) is 25.3 Å². The number of amides is 1. The van der Waals surface area contributed by atoms with Gasteiger partial charge >= 0.3 is 0 Å². The van der Waals surface area contributed by atoms with Crippen molar-refractivity contribution in [1.82, 2.24) is 10.6 Å². The van der Waals surface area contributed by atoms with Gasteiger partial charge in [-0.15, -0.1) is 0 Å². The second kappa shape index (κ2) is 8.61. The van der Waals surface area contributed by atoms with Crippen LogP contribution in [-0.4, -0.2) is 38.8 Å². The molecule has 0 aliphatic heterocycles. The number of hydrogen-bond acceptors (Lipinski definition) is 3. The van der Waals surface area contributed by atoms with Crippen LogP contribution in [0, 0.1) is 5.82 Å². The standard InChI is InChI=1S/C14H21FN2O2/c1-11(9-12-5-3-4-6-13(12)15)17-14(18)10-16-7-8-19-2/h3-6,11,16H,7-10H2,1-2H3,(H,17,18). The minimum Gasteiger partial charge on any atom is -0.383 e. The minimum atomic E-state index is -0.234. The Morgan fingerprint density at radius 2 is 2.16 bits per heavy atom. The molecule has 4 nitrogen and oxygen atoms in total. The van der Waals surface area contributed by atoms with Gasteiger partial charge in [0.2, 0.25) is 5.91 Å². The van der Waals surface area contributed by atoms with Gasteiger partial charge in [-0.2, -0.15) is 0 Å². The summed E-state index contributed by atoms with van der Waals surface area (Å²) in [6.07, 6.45) is 0.483. The van der Waals surface area contributed by atoms with Crippen molar-refractivity contribution in [3.63, 3.8) is 0 Å². The maximum absolute atomic E-state index is 13.4. The van der Waals surface area contributed by atoms with E-state index in [0.717, 1.165) is 0 Å². The Labute approximate surface area is 113 Å². The number of rotatable bonds is 8. The predicted molar refractivity (Wildman–Crippen MR) is 72.5 cm³/mol. The van der Waals surface area contributed by atoms with E-state index in [1.807, 2.05) is 6.92 Å². The predicted octanol–water partition coefficient (Wildman–Crippen LogP) is 1.11. The van der Waals surface area contributed by atoms with Crippen LogP contribution in [0.2, 0.25) is 0 Å². The number of hydrogen-bond donors (Lipinski definition) is 2. The van der Waals surface area contributed by atoms with Gasteiger partial charge in [0.05, 0.1) is 13.2 Å². The molecule has 0 radical (unpaired) electrons. The third kappa shape index (κ3) is 6.31. The second-order valence-corrected chi connectivity index (χ2v) is 4.43. The molecule has 1 amide bonds. The van der Waals surface area contributed by atoms with Crippen molar-refractivity contribution in [1.29, 1.82) is 0 Å². The highest BCUT2D eigenvalue weighted by Gasteiger charge is 2.10. The fourth-order valence-electron chi connectivity index (χ4n) is 1.75. The van der Waals surface area contributed by atoms with Crippen LogP contribution in [0.4, 0.5) is 4.39 Å². The fourth-order valence-corrected chi connectivity index (χ4v) is 1.75. The van der Waals surface area contributed by atoms with Gasteiger partial charge in [-0.3, -0.25) is 4.79 Å². The molecular formula is C14H21FN2O2. The molecule has 0 saturated heterocycles. The zero-order valence-electron chi connectivity index (χ0n) is 11.4. The van der Waals surface area contributed by atoms with E-state index in [0.29, 0.717) is 25.1 Å². The summed E-state index contributed by atoms with van der Waals surface area (Å²) < 4.78 is 18.3. The van der Waals surface area contributed by atoms with E-state index in [4.69, 9.17) is 4.74 Å². The van der Waals surface area contributed by atoms with Gasteiger partial charge in [0.15, 0.2) is 0 Å². The van der Waals surface area contributed by atoms with Crippen LogP contribution >= 0.6 is 0 Å². The summed E-state index contributed by atoms with van der Waals surface area (Å²) in [5.74, 6) is -0.332. The first-order chi connectivity index (χ1) is 9.13. The molecule has 0 fully saturated rings. The highest BCUT2D eigenvalue weighted by molar-refractivity contribution is 5.78. The number of carbonyl (C=O) groups excluding carboxylic acids is 1. The molecule has 0 aromatic heterocycles. The average Bonchev–Trinajstić information content (AvgIpc) is 2.37. The first-order valence-electron chi connectivity index (χ1n) is 6.36. The van der Waals surface area contributed by atoms with E-state index in [2.05, 4.69) is 10.6 Å². The monoisotopic (exact) mass is 268 g/mol. The quantitative estimate of drug-likeness (QED) is 0.694. The first-order valence-corrected chi connectivity index (χ1v) is 6.36. The van der Waals surface area contributed by atoms with Crippen LogP contribution in [-0.2, 0) is 16.0 Å². The number of ether oxygens (including phenoxy) is 1. The molecule has 0 aliphatic rings. The van der Waals surface area contributed by atoms with E-state index in [-0.39, 0.29) is 24.3 Å². The smallest absolute Gasteiger partial charge is 0.234 e. The summed E-state index contributed by atoms with van der Waals surface area (Å²) in [4.78, 5) is 11.6. The van der Waals surface area contributed by atoms with Crippen molar-refractivity contribution in [2.45, 2.75) is 19.4 Å². The van der Waals surface area contributed by atoms with Crippen molar-refractivity contribution < 1.29 is 13.9 Å². The van der Waals surface area contributed by atoms with Gasteiger partial charge in [0.1, 0.15) is 5.82 Å². The first kappa shape index (κ1) is 15.6. The topological polar surface area (TPSA) is 50.4 Å². The van der Waals surface area contributed by atoms with Crippen molar-refractivity contribution >= 4 is 5.91 Å². The molecule has 0 heterocycles. The zero-order chi connectivity index (χ0) is 14.1. The maximum Gasteiger partial charge on any atom is 0.234 e. The van der Waals surface area contributed by atoms with E-state index in [1.165, 1.54) is 6.07 Å². The average molecular weight is 268 g/mol. The SMILES string of the molecule is COCCNCC(=O)NC(C)Cc1ccccc1F. The molecule has 1 rings (SSSR count). The van der Waals surface area contributed by atoms with Gasteiger partial charge in [0, 0.05) is 19.7 Å². The summed E-state index contributed by atoms with van der Waals surface area (Å²) in [6.45, 7) is 3.30. The van der Waals surface area contributed by atoms with Crippen molar-refractivity contribution in [2.75, 3.05) is 26.8 Å². The molecule has 1 atom stereocenters. The molecule has 0 saturated carbocycles. The van der Waals surface area contributed by atoms with Crippen LogP contribution in [0.25, 0.3) is 0 Å². The molecule has 1 unspecified atom stereocenters. The summed E-state index contributed by atoms with van der Waals surface area (Å²) in [7, 11) is 1.61. The normalized spacial score (nSPS) is 12.2. The lowest BCUT2D eigenvalue weighted by atomic mass is 10.1. The Kier molecular flexibility index (Phi) is 7.07. The van der Waals surface area contributed by atoms with Gasteiger partial charge in [-0.25, -0.2) is 4.39 Å². The van der Waals surface area contributed by atoms with Crippen LogP contribution in [0.5, 0.6) is 0 Å². The molecule has 1 aromatic rings. The van der Waals surface area contributed by atoms with Gasteiger partial charge < -0.3 is 15.4 Å². The number of carbonyl (C=O) groups is 1. The largest absolute Gasteiger partial charge is 0.383 e. The Bertz CT molecular complexity index is 399. The molecule has 19 heavy (non-hydrogen) atoms. The maximum atomic E-state index is 13.4. The number of benzene rings is 1. The lowest BCUT2D eigenvalue weighted by molar-refractivity contribution is -0.120. The van der Waals surface area contributed by atoms with Crippen LogP contribution in [0.3, 0.4) is 0 Å². The molecule has 106 valence electrons. The Morgan fingerprint density at radius 3 is 2.84 bits per heavy atom. The van der Waals surface area contributed by atoms with Gasteiger partial charge in [-0.05, 0) is 25.0 Å². The summed E-state index contributed by atoms with van der Waals surface area (Å²) in [5, 5.41) is 5.78. The summed E-state index contributed by atoms with van der Waals surface area (Å²) in [5.41, 5.74) is 0.614. The van der Waals surface area contributed by atoms with Crippen LogP contribution < -0.4 is 10.6 Å². The third-order valence-electron chi connectivity index (χ3n) is 2.66. The van der Waals surface area contributed by atoms with Crippen LogP contribution in [0.15, 0.2) is 24.3 Å². The Balaban J connectivity index is 2.29. The fraction of sp³-hybridized carbons (Fsp3) is 0.500. The molecule has 0 bridgehead atoms. The number of halogens is 1. The van der Waals surface area contributed by atoms with E-state index in [9.17, 15) is 9.18 Å². The molecule has 5 heteroatoms. The van der Waals surface area contributed by atoms with E-state index >= 15 is 0 Å². The van der Waals surface area contributed by atoms with Crippen molar-refractivity contribution in [2.24, 2.45) is 0 Å². The van der Waals surface area contributed by atoms with Crippen molar-refractivity contribution in [3.8, 4) is 0 Å². The van der Waals surface area contributed by atoms with Crippen LogP contribution in [0.1, 0.15) is 12.5 Å². The van der Waals surface area contributed by atoms with Crippen molar-refractivity contribution in [3.05, 3.63) is 35.6 Å². The van der Waals surface area contributed by atoms with Gasteiger partial charge in [-0.1, -0.05) is 18.2 Å². The zero-order valence-corrected chi connectivity index (χ0v) is 11.4. The highest BCUT2D eigenvalue weighted by atomic mass is 19.1. The molecule has 1 aromatic carbocycles. The minimum absolute atomic E-state index is 0.0973. The number of methoxy groups -OCH3 is 1. The molecular weight excluding hydrogens is 247 g/mol. The van der Waals surface area contributed by atoms with Gasteiger partial charge in [0.25, 0.3) is 0 Å². The summed E-state index contributed by atoms with van der Waals surface area (Å²) >= 11 is 0.